The van der Waals surface area contributed by atoms with Crippen molar-refractivity contribution in [1.82, 2.24) is 9.55 Å². The van der Waals surface area contributed by atoms with Crippen molar-refractivity contribution in [3.05, 3.63) is 17.7 Å². The first-order chi connectivity index (χ1) is 5.46. The number of rotatable bonds is 1. The molecule has 1 aromatic heterocycles. The smallest absolute Gasteiger partial charge is 0.134 e. The molecule has 0 spiro atoms. The molecule has 0 fully saturated rings. The molecule has 0 unspecified atom stereocenters. The zero-order valence-electron chi connectivity index (χ0n) is 8.13. The minimum atomic E-state index is 0.00653. The van der Waals surface area contributed by atoms with E-state index in [9.17, 15) is 0 Å². The number of hydrogen-bond donors (Lipinski definition) is 1. The van der Waals surface area contributed by atoms with Gasteiger partial charge in [0.25, 0.3) is 0 Å². The highest BCUT2D eigenvalue weighted by Gasteiger charge is 2.18. The van der Waals surface area contributed by atoms with Crippen molar-refractivity contribution in [3.63, 3.8) is 0 Å². The summed E-state index contributed by atoms with van der Waals surface area (Å²) in [5.74, 6) is 0.722. The highest BCUT2D eigenvalue weighted by atomic mass is 16.3. The lowest BCUT2D eigenvalue weighted by molar-refractivity contribution is 0.266. The average molecular weight is 168 g/mol. The van der Waals surface area contributed by atoms with Crippen molar-refractivity contribution >= 4 is 0 Å². The maximum Gasteiger partial charge on any atom is 0.134 e. The van der Waals surface area contributed by atoms with E-state index < -0.39 is 0 Å². The standard InChI is InChI=1S/C9H16N2O/c1-9(2,3)7-5-10-8(6-12)11(7)4/h5,12H,6H2,1-4H3. The molecule has 1 heterocycles. The van der Waals surface area contributed by atoms with Gasteiger partial charge in [-0.3, -0.25) is 0 Å². The second-order valence-electron chi connectivity index (χ2n) is 4.03. The number of imidazole rings is 1. The number of hydrogen-bond acceptors (Lipinski definition) is 2. The fraction of sp³-hybridized carbons (Fsp3) is 0.667. The number of aliphatic hydroxyl groups is 1. The molecule has 1 N–H and O–H groups in total. The third-order valence-corrected chi connectivity index (χ3v) is 1.99. The SMILES string of the molecule is Cn1c(C(C)(C)C)cnc1CO. The number of aromatic nitrogens is 2. The van der Waals surface area contributed by atoms with Gasteiger partial charge in [0.15, 0.2) is 0 Å². The van der Waals surface area contributed by atoms with Crippen LogP contribution in [-0.4, -0.2) is 14.7 Å². The van der Waals surface area contributed by atoms with Gasteiger partial charge in [-0.2, -0.15) is 0 Å². The van der Waals surface area contributed by atoms with Crippen LogP contribution in [0.3, 0.4) is 0 Å². The minimum absolute atomic E-state index is 0.00653. The van der Waals surface area contributed by atoms with Crippen LogP contribution in [0.15, 0.2) is 6.20 Å². The van der Waals surface area contributed by atoms with E-state index in [0.717, 1.165) is 11.5 Å². The Bertz CT molecular complexity index is 271. The summed E-state index contributed by atoms with van der Waals surface area (Å²) < 4.78 is 1.94. The monoisotopic (exact) mass is 168 g/mol. The summed E-state index contributed by atoms with van der Waals surface area (Å²) in [6.07, 6.45) is 1.82. The summed E-state index contributed by atoms with van der Waals surface area (Å²) in [4.78, 5) is 4.11. The van der Waals surface area contributed by atoms with Gasteiger partial charge in [-0.05, 0) is 0 Å². The number of nitrogens with zero attached hydrogens (tertiary/aromatic N) is 2. The summed E-state index contributed by atoms with van der Waals surface area (Å²) in [5.41, 5.74) is 1.24. The molecule has 1 aromatic rings. The summed E-state index contributed by atoms with van der Waals surface area (Å²) in [6.45, 7) is 6.40. The predicted molar refractivity (Wildman–Crippen MR) is 47.8 cm³/mol. The molecule has 0 saturated heterocycles. The van der Waals surface area contributed by atoms with Crippen molar-refractivity contribution < 1.29 is 5.11 Å². The highest BCUT2D eigenvalue weighted by molar-refractivity contribution is 5.13. The van der Waals surface area contributed by atoms with Crippen LogP contribution < -0.4 is 0 Å². The Morgan fingerprint density at radius 3 is 2.33 bits per heavy atom. The van der Waals surface area contributed by atoms with E-state index in [2.05, 4.69) is 25.8 Å². The lowest BCUT2D eigenvalue weighted by atomic mass is 9.93. The van der Waals surface area contributed by atoms with Gasteiger partial charge in [0.2, 0.25) is 0 Å². The normalized spacial score (nSPS) is 12.1. The van der Waals surface area contributed by atoms with Crippen molar-refractivity contribution in [2.45, 2.75) is 32.8 Å². The second kappa shape index (κ2) is 2.90. The van der Waals surface area contributed by atoms with Gasteiger partial charge >= 0.3 is 0 Å². The molecule has 3 heteroatoms. The Labute approximate surface area is 73.1 Å². The van der Waals surface area contributed by atoms with E-state index in [1.807, 2.05) is 17.8 Å². The Balaban J connectivity index is 3.11. The van der Waals surface area contributed by atoms with Gasteiger partial charge in [-0.1, -0.05) is 20.8 Å². The molecule has 0 aliphatic rings. The zero-order valence-corrected chi connectivity index (χ0v) is 8.13. The molecule has 0 aromatic carbocycles. The van der Waals surface area contributed by atoms with Gasteiger partial charge in [0, 0.05) is 24.4 Å². The lowest BCUT2D eigenvalue weighted by Gasteiger charge is -2.19. The van der Waals surface area contributed by atoms with Crippen LogP contribution in [0.25, 0.3) is 0 Å². The van der Waals surface area contributed by atoms with E-state index >= 15 is 0 Å². The molecule has 0 aliphatic carbocycles. The third kappa shape index (κ3) is 1.50. The second-order valence-corrected chi connectivity index (χ2v) is 4.03. The quantitative estimate of drug-likeness (QED) is 0.684. The molecular weight excluding hydrogens is 152 g/mol. The average Bonchev–Trinajstić information content (AvgIpc) is 2.29. The van der Waals surface area contributed by atoms with Crippen LogP contribution in [0.1, 0.15) is 32.3 Å². The predicted octanol–water partition coefficient (Wildman–Crippen LogP) is 1.21. The molecule has 0 bridgehead atoms. The fourth-order valence-electron chi connectivity index (χ4n) is 1.29. The molecule has 0 amide bonds. The van der Waals surface area contributed by atoms with Gasteiger partial charge in [0.05, 0.1) is 0 Å². The van der Waals surface area contributed by atoms with E-state index in [1.165, 1.54) is 0 Å². The number of aliphatic hydroxyl groups excluding tert-OH is 1. The van der Waals surface area contributed by atoms with Crippen LogP contribution in [0.4, 0.5) is 0 Å². The Morgan fingerprint density at radius 1 is 1.50 bits per heavy atom. The molecule has 1 rings (SSSR count). The molecule has 68 valence electrons. The topological polar surface area (TPSA) is 38.0 Å². The van der Waals surface area contributed by atoms with E-state index in [-0.39, 0.29) is 12.0 Å². The van der Waals surface area contributed by atoms with Crippen LogP contribution in [0.2, 0.25) is 0 Å². The van der Waals surface area contributed by atoms with Gasteiger partial charge < -0.3 is 9.67 Å². The Morgan fingerprint density at radius 2 is 2.08 bits per heavy atom. The minimum Gasteiger partial charge on any atom is -0.388 e. The largest absolute Gasteiger partial charge is 0.388 e. The maximum absolute atomic E-state index is 8.91. The summed E-state index contributed by atoms with van der Waals surface area (Å²) in [5, 5.41) is 8.91. The van der Waals surface area contributed by atoms with E-state index in [1.54, 1.807) is 0 Å². The summed E-state index contributed by atoms with van der Waals surface area (Å²) in [7, 11) is 1.93. The third-order valence-electron chi connectivity index (χ3n) is 1.99. The summed E-state index contributed by atoms with van der Waals surface area (Å²) in [6, 6.07) is 0. The highest BCUT2D eigenvalue weighted by Crippen LogP contribution is 2.21. The molecule has 0 aliphatic heterocycles. The van der Waals surface area contributed by atoms with Crippen LogP contribution >= 0.6 is 0 Å². The van der Waals surface area contributed by atoms with Gasteiger partial charge in [0.1, 0.15) is 12.4 Å². The van der Waals surface area contributed by atoms with Crippen LogP contribution in [0, 0.1) is 0 Å². The van der Waals surface area contributed by atoms with E-state index in [4.69, 9.17) is 5.11 Å². The molecule has 12 heavy (non-hydrogen) atoms. The van der Waals surface area contributed by atoms with Gasteiger partial charge in [-0.15, -0.1) is 0 Å². The first-order valence-corrected chi connectivity index (χ1v) is 4.08. The van der Waals surface area contributed by atoms with Crippen LogP contribution in [-0.2, 0) is 19.1 Å². The fourth-order valence-corrected chi connectivity index (χ4v) is 1.29. The molecule has 0 saturated carbocycles. The van der Waals surface area contributed by atoms with Crippen molar-refractivity contribution in [2.75, 3.05) is 0 Å². The van der Waals surface area contributed by atoms with Crippen molar-refractivity contribution in [2.24, 2.45) is 7.05 Å². The van der Waals surface area contributed by atoms with Crippen molar-refractivity contribution in [3.8, 4) is 0 Å². The first-order valence-electron chi connectivity index (χ1n) is 4.08. The maximum atomic E-state index is 8.91. The first kappa shape index (κ1) is 9.26. The Kier molecular flexibility index (Phi) is 2.24. The molecule has 0 radical (unpaired) electrons. The van der Waals surface area contributed by atoms with Crippen LogP contribution in [0.5, 0.6) is 0 Å². The van der Waals surface area contributed by atoms with Crippen molar-refractivity contribution in [1.29, 1.82) is 0 Å². The Hall–Kier alpha value is -0.830. The van der Waals surface area contributed by atoms with Gasteiger partial charge in [-0.25, -0.2) is 4.98 Å². The van der Waals surface area contributed by atoms with E-state index in [0.29, 0.717) is 0 Å². The molecular formula is C9H16N2O. The molecule has 3 nitrogen and oxygen atoms in total. The lowest BCUT2D eigenvalue weighted by Crippen LogP contribution is -2.16. The zero-order chi connectivity index (χ0) is 9.35. The molecule has 0 atom stereocenters. The summed E-state index contributed by atoms with van der Waals surface area (Å²) >= 11 is 0.